The number of nitrogens with one attached hydrogen (secondary N) is 2. The zero-order chi connectivity index (χ0) is 21.4. The zero-order valence-corrected chi connectivity index (χ0v) is 17.2. The second kappa shape index (κ2) is 10.5. The molecule has 154 valence electrons. The van der Waals surface area contributed by atoms with Crippen molar-refractivity contribution in [3.63, 3.8) is 0 Å². The number of halogens is 1. The van der Waals surface area contributed by atoms with Crippen molar-refractivity contribution >= 4 is 35.1 Å². The van der Waals surface area contributed by atoms with E-state index in [-0.39, 0.29) is 12.3 Å². The van der Waals surface area contributed by atoms with Crippen LogP contribution in [0.3, 0.4) is 0 Å². The number of hydrogen-bond acceptors (Lipinski definition) is 5. The van der Waals surface area contributed by atoms with Crippen molar-refractivity contribution in [1.29, 1.82) is 0 Å². The summed E-state index contributed by atoms with van der Waals surface area (Å²) < 4.78 is 10.2. The molecule has 29 heavy (non-hydrogen) atoms. The molecule has 0 saturated heterocycles. The van der Waals surface area contributed by atoms with Gasteiger partial charge in [-0.3, -0.25) is 14.4 Å². The summed E-state index contributed by atoms with van der Waals surface area (Å²) in [6.45, 7) is 2.84. The summed E-state index contributed by atoms with van der Waals surface area (Å²) in [7, 11) is 1.46. The van der Waals surface area contributed by atoms with Crippen molar-refractivity contribution in [2.24, 2.45) is 0 Å². The number of rotatable bonds is 8. The van der Waals surface area contributed by atoms with Crippen LogP contribution in [0.25, 0.3) is 0 Å². The highest BCUT2D eigenvalue weighted by Crippen LogP contribution is 2.27. The lowest BCUT2D eigenvalue weighted by Crippen LogP contribution is -2.29. The lowest BCUT2D eigenvalue weighted by molar-refractivity contribution is -0.148. The van der Waals surface area contributed by atoms with Crippen LogP contribution in [0.15, 0.2) is 42.5 Å². The van der Waals surface area contributed by atoms with E-state index in [0.29, 0.717) is 16.5 Å². The largest absolute Gasteiger partial charge is 0.495 e. The second-order valence-corrected chi connectivity index (χ2v) is 6.86. The van der Waals surface area contributed by atoms with Crippen molar-refractivity contribution in [2.75, 3.05) is 19.0 Å². The molecule has 1 unspecified atom stereocenters. The number of anilines is 1. The highest BCUT2D eigenvalue weighted by Gasteiger charge is 2.19. The summed E-state index contributed by atoms with van der Waals surface area (Å²) in [6, 6.07) is 11.7. The molecule has 0 aliphatic rings. The molecule has 0 saturated carbocycles. The van der Waals surface area contributed by atoms with Gasteiger partial charge in [0, 0.05) is 11.9 Å². The van der Waals surface area contributed by atoms with Gasteiger partial charge >= 0.3 is 5.97 Å². The number of amides is 2. The van der Waals surface area contributed by atoms with Crippen molar-refractivity contribution in [3.05, 3.63) is 58.6 Å². The van der Waals surface area contributed by atoms with Gasteiger partial charge in [0.05, 0.1) is 25.3 Å². The summed E-state index contributed by atoms with van der Waals surface area (Å²) in [5, 5.41) is 5.73. The van der Waals surface area contributed by atoms with Crippen LogP contribution in [-0.2, 0) is 19.1 Å². The normalized spacial score (nSPS) is 11.3. The summed E-state index contributed by atoms with van der Waals surface area (Å²) in [5.41, 5.74) is 2.21. The molecule has 0 bridgehead atoms. The molecule has 2 aromatic rings. The Morgan fingerprint density at radius 3 is 2.41 bits per heavy atom. The Kier molecular flexibility index (Phi) is 8.03. The third-order valence-electron chi connectivity index (χ3n) is 4.03. The maximum atomic E-state index is 12.2. The molecule has 2 rings (SSSR count). The standard InChI is InChI=1S/C21H23ClN2O5/c1-13-4-6-15(7-5-13)17(23-14(2)25)11-21(27)29-12-20(26)24-18-10-16(22)8-9-19(18)28-3/h4-10,17H,11-12H2,1-3H3,(H,23,25)(H,24,26). The summed E-state index contributed by atoms with van der Waals surface area (Å²) in [4.78, 5) is 35.8. The lowest BCUT2D eigenvalue weighted by atomic mass is 10.0. The highest BCUT2D eigenvalue weighted by molar-refractivity contribution is 6.31. The van der Waals surface area contributed by atoms with Gasteiger partial charge in [-0.2, -0.15) is 0 Å². The van der Waals surface area contributed by atoms with E-state index in [0.717, 1.165) is 11.1 Å². The fourth-order valence-electron chi connectivity index (χ4n) is 2.63. The molecule has 0 heterocycles. The Balaban J connectivity index is 1.94. The van der Waals surface area contributed by atoms with Gasteiger partial charge in [-0.15, -0.1) is 0 Å². The monoisotopic (exact) mass is 418 g/mol. The SMILES string of the molecule is COc1ccc(Cl)cc1NC(=O)COC(=O)CC(NC(C)=O)c1ccc(C)cc1. The van der Waals surface area contributed by atoms with Gasteiger partial charge in [0.15, 0.2) is 6.61 Å². The van der Waals surface area contributed by atoms with Crippen LogP contribution in [0.4, 0.5) is 5.69 Å². The van der Waals surface area contributed by atoms with Gasteiger partial charge in [-0.1, -0.05) is 41.4 Å². The Morgan fingerprint density at radius 2 is 1.79 bits per heavy atom. The van der Waals surface area contributed by atoms with Gasteiger partial charge in [-0.25, -0.2) is 0 Å². The van der Waals surface area contributed by atoms with Gasteiger partial charge < -0.3 is 20.1 Å². The lowest BCUT2D eigenvalue weighted by Gasteiger charge is -2.18. The summed E-state index contributed by atoms with van der Waals surface area (Å²) >= 11 is 5.92. The zero-order valence-electron chi connectivity index (χ0n) is 16.5. The maximum Gasteiger partial charge on any atom is 0.308 e. The van der Waals surface area contributed by atoms with Crippen LogP contribution >= 0.6 is 11.6 Å². The Morgan fingerprint density at radius 1 is 1.10 bits per heavy atom. The molecular formula is C21H23ClN2O5. The van der Waals surface area contributed by atoms with E-state index in [9.17, 15) is 14.4 Å². The average molecular weight is 419 g/mol. The first-order chi connectivity index (χ1) is 13.8. The van der Waals surface area contributed by atoms with E-state index in [1.807, 2.05) is 31.2 Å². The van der Waals surface area contributed by atoms with Crippen molar-refractivity contribution < 1.29 is 23.9 Å². The number of hydrogen-bond donors (Lipinski definition) is 2. The molecule has 0 aliphatic heterocycles. The Hall–Kier alpha value is -3.06. The van der Waals surface area contributed by atoms with Crippen molar-refractivity contribution in [3.8, 4) is 5.75 Å². The van der Waals surface area contributed by atoms with E-state index in [1.54, 1.807) is 12.1 Å². The first kappa shape index (κ1) is 22.2. The molecule has 7 nitrogen and oxygen atoms in total. The fourth-order valence-corrected chi connectivity index (χ4v) is 2.80. The number of aryl methyl sites for hydroxylation is 1. The van der Waals surface area contributed by atoms with Crippen LogP contribution in [0.1, 0.15) is 30.5 Å². The van der Waals surface area contributed by atoms with Gasteiger partial charge in [0.25, 0.3) is 5.91 Å². The average Bonchev–Trinajstić information content (AvgIpc) is 2.66. The number of ether oxygens (including phenoxy) is 2. The predicted molar refractivity (Wildman–Crippen MR) is 110 cm³/mol. The third-order valence-corrected chi connectivity index (χ3v) is 4.26. The minimum Gasteiger partial charge on any atom is -0.495 e. The van der Waals surface area contributed by atoms with Crippen LogP contribution < -0.4 is 15.4 Å². The second-order valence-electron chi connectivity index (χ2n) is 6.42. The van der Waals surface area contributed by atoms with Gasteiger partial charge in [0.2, 0.25) is 5.91 Å². The molecule has 0 aliphatic carbocycles. The Bertz CT molecular complexity index is 883. The smallest absolute Gasteiger partial charge is 0.308 e. The summed E-state index contributed by atoms with van der Waals surface area (Å²) in [6.07, 6.45) is -0.101. The molecule has 2 N–H and O–H groups in total. The number of carbonyl (C=O) groups excluding carboxylic acids is 3. The quantitative estimate of drug-likeness (QED) is 0.641. The topological polar surface area (TPSA) is 93.7 Å². The minimum absolute atomic E-state index is 0.101. The van der Waals surface area contributed by atoms with E-state index in [2.05, 4.69) is 10.6 Å². The highest BCUT2D eigenvalue weighted by atomic mass is 35.5. The van der Waals surface area contributed by atoms with E-state index in [4.69, 9.17) is 21.1 Å². The Labute approximate surface area is 174 Å². The fraction of sp³-hybridized carbons (Fsp3) is 0.286. The van der Waals surface area contributed by atoms with Crippen molar-refractivity contribution in [1.82, 2.24) is 5.32 Å². The number of carbonyl (C=O) groups is 3. The number of esters is 1. The van der Waals surface area contributed by atoms with Crippen LogP contribution in [0, 0.1) is 6.92 Å². The maximum absolute atomic E-state index is 12.2. The molecule has 0 fully saturated rings. The van der Waals surface area contributed by atoms with Crippen LogP contribution in [-0.4, -0.2) is 31.5 Å². The molecular weight excluding hydrogens is 396 g/mol. The van der Waals surface area contributed by atoms with Crippen LogP contribution in [0.5, 0.6) is 5.75 Å². The third kappa shape index (κ3) is 7.12. The first-order valence-electron chi connectivity index (χ1n) is 8.91. The van der Waals surface area contributed by atoms with Gasteiger partial charge in [-0.05, 0) is 30.7 Å². The predicted octanol–water partition coefficient (Wildman–Crippen LogP) is 3.41. The molecule has 0 aromatic heterocycles. The van der Waals surface area contributed by atoms with E-state index < -0.39 is 24.5 Å². The van der Waals surface area contributed by atoms with E-state index in [1.165, 1.54) is 20.1 Å². The summed E-state index contributed by atoms with van der Waals surface area (Å²) in [5.74, 6) is -0.990. The van der Waals surface area contributed by atoms with E-state index >= 15 is 0 Å². The number of methoxy groups -OCH3 is 1. The molecule has 1 atom stereocenters. The van der Waals surface area contributed by atoms with Crippen molar-refractivity contribution in [2.45, 2.75) is 26.3 Å². The number of benzene rings is 2. The molecule has 8 heteroatoms. The molecule has 0 spiro atoms. The molecule has 2 amide bonds. The minimum atomic E-state index is -0.613. The van der Waals surface area contributed by atoms with Crippen LogP contribution in [0.2, 0.25) is 5.02 Å². The van der Waals surface area contributed by atoms with Gasteiger partial charge in [0.1, 0.15) is 5.75 Å². The first-order valence-corrected chi connectivity index (χ1v) is 9.29. The molecule has 0 radical (unpaired) electrons. The molecule has 2 aromatic carbocycles.